The minimum Gasteiger partial charge on any atom is -0.497 e. The van der Waals surface area contributed by atoms with E-state index in [0.717, 1.165) is 39.4 Å². The Morgan fingerprint density at radius 2 is 1.81 bits per heavy atom. The average molecular weight is 661 g/mol. The first kappa shape index (κ1) is 31.9. The smallest absolute Gasteiger partial charge is 0.373 e. The summed E-state index contributed by atoms with van der Waals surface area (Å²) in [4.78, 5) is 29.2. The van der Waals surface area contributed by atoms with Crippen molar-refractivity contribution in [2.75, 3.05) is 21.2 Å². The number of hydrogen-bond acceptors (Lipinski definition) is 6. The molecule has 1 aromatic heterocycles. The van der Waals surface area contributed by atoms with Crippen molar-refractivity contribution in [1.29, 1.82) is 0 Å². The van der Waals surface area contributed by atoms with Crippen LogP contribution in [0.2, 0.25) is 0 Å². The molecule has 0 aliphatic heterocycles. The largest absolute Gasteiger partial charge is 0.497 e. The van der Waals surface area contributed by atoms with Crippen LogP contribution in [0.3, 0.4) is 0 Å². The highest BCUT2D eigenvalue weighted by atomic mass is 79.9. The van der Waals surface area contributed by atoms with Crippen LogP contribution in [-0.4, -0.2) is 50.6 Å². The molecule has 1 N–H and O–H groups in total. The fourth-order valence-corrected chi connectivity index (χ4v) is 7.38. The summed E-state index contributed by atoms with van der Waals surface area (Å²) in [7, 11) is 0.619. The van der Waals surface area contributed by atoms with E-state index < -0.39 is 16.1 Å². The van der Waals surface area contributed by atoms with Crippen LogP contribution in [0.1, 0.15) is 85.2 Å². The van der Waals surface area contributed by atoms with Gasteiger partial charge in [0.2, 0.25) is 0 Å². The maximum absolute atomic E-state index is 13.0. The van der Waals surface area contributed by atoms with Gasteiger partial charge in [-0.3, -0.25) is 4.79 Å². The van der Waals surface area contributed by atoms with Crippen molar-refractivity contribution in [3.05, 3.63) is 63.8 Å². The zero-order chi connectivity index (χ0) is 30.7. The van der Waals surface area contributed by atoms with Crippen molar-refractivity contribution in [3.63, 3.8) is 0 Å². The molecule has 1 heterocycles. The number of rotatable bonds is 9. The Labute approximate surface area is 255 Å². The van der Waals surface area contributed by atoms with Crippen LogP contribution in [0.15, 0.2) is 47.1 Å². The van der Waals surface area contributed by atoms with Gasteiger partial charge in [0.15, 0.2) is 0 Å². The molecule has 226 valence electrons. The van der Waals surface area contributed by atoms with Gasteiger partial charge in [0.1, 0.15) is 5.75 Å². The molecule has 1 amide bonds. The number of aromatic nitrogens is 1. The number of ether oxygens (including phenoxy) is 1. The van der Waals surface area contributed by atoms with Gasteiger partial charge in [-0.25, -0.2) is 4.72 Å². The molecule has 3 aromatic rings. The number of nitrogens with zero attached hydrogens (tertiary/aromatic N) is 2. The second-order valence-corrected chi connectivity index (χ2v) is 14.2. The summed E-state index contributed by atoms with van der Waals surface area (Å²) in [5.74, 6) is 1.16. The van der Waals surface area contributed by atoms with Gasteiger partial charge in [-0.05, 0) is 84.4 Å². The highest BCUT2D eigenvalue weighted by Crippen LogP contribution is 2.64. The Morgan fingerprint density at radius 3 is 2.43 bits per heavy atom. The van der Waals surface area contributed by atoms with E-state index in [-0.39, 0.29) is 11.6 Å². The zero-order valence-corrected chi connectivity index (χ0v) is 26.9. The van der Waals surface area contributed by atoms with Gasteiger partial charge >= 0.3 is 16.4 Å². The van der Waals surface area contributed by atoms with Crippen LogP contribution in [-0.2, 0) is 26.3 Å². The van der Waals surface area contributed by atoms with E-state index in [0.29, 0.717) is 17.4 Å². The number of amides is 1. The third-order valence-corrected chi connectivity index (χ3v) is 11.0. The molecule has 2 saturated carbocycles. The van der Waals surface area contributed by atoms with E-state index in [1.807, 2.05) is 18.2 Å². The Kier molecular flexibility index (Phi) is 9.98. The van der Waals surface area contributed by atoms with Crippen molar-refractivity contribution in [1.82, 2.24) is 13.6 Å². The van der Waals surface area contributed by atoms with Gasteiger partial charge in [0.05, 0.1) is 7.11 Å². The number of fused-ring (bicyclic) bond motifs is 1. The maximum Gasteiger partial charge on any atom is 0.373 e. The van der Waals surface area contributed by atoms with E-state index in [1.54, 1.807) is 13.2 Å². The van der Waals surface area contributed by atoms with Gasteiger partial charge in [-0.1, -0.05) is 48.2 Å². The molecule has 5 rings (SSSR count). The normalized spacial score (nSPS) is 20.5. The minimum absolute atomic E-state index is 0.0944. The van der Waals surface area contributed by atoms with Gasteiger partial charge in [0, 0.05) is 47.8 Å². The van der Waals surface area contributed by atoms with Gasteiger partial charge < -0.3 is 9.30 Å². The summed E-state index contributed by atoms with van der Waals surface area (Å²) in [6.45, 7) is 3.09. The van der Waals surface area contributed by atoms with E-state index in [1.165, 1.54) is 62.7 Å². The van der Waals surface area contributed by atoms with Gasteiger partial charge in [-0.2, -0.15) is 22.3 Å². The Hall–Kier alpha value is -2.98. The summed E-state index contributed by atoms with van der Waals surface area (Å²) in [6.07, 6.45) is 10.8. The zero-order valence-electron chi connectivity index (χ0n) is 24.5. The fraction of sp³-hybridized carbons (Fsp3) is 0.484. The second-order valence-electron chi connectivity index (χ2n) is 11.4. The molecule has 9 nitrogen and oxygen atoms in total. The molecule has 2 aromatic carbocycles. The quantitative estimate of drug-likeness (QED) is 0.301. The molecule has 2 aliphatic rings. The maximum atomic E-state index is 13.0. The minimum atomic E-state index is -3.88. The van der Waals surface area contributed by atoms with Crippen LogP contribution in [0.4, 0.5) is 0 Å². The summed E-state index contributed by atoms with van der Waals surface area (Å²) in [5.41, 5.74) is 4.05. The van der Waals surface area contributed by atoms with Crippen LogP contribution in [0.25, 0.3) is 10.9 Å². The number of benzene rings is 2. The topological polar surface area (TPSA) is 115 Å². The monoisotopic (exact) mass is 659 g/mol. The number of carbonyl (C=O) groups is 1. The van der Waals surface area contributed by atoms with E-state index in [2.05, 4.69) is 50.5 Å². The summed E-state index contributed by atoms with van der Waals surface area (Å²) in [5, 5.41) is 1.17. The van der Waals surface area contributed by atoms with Gasteiger partial charge in [-0.15, -0.1) is 0 Å². The SMILES string of the molecule is CC[C@]1(Cn2cc(C3CCCCC3)c3ccc(C(=O)NS(=O)(=O)N(C)C)cc32)C[C@H]1c1cc(OC)ccc1Br.O=C=O. The Morgan fingerprint density at radius 1 is 1.12 bits per heavy atom. The van der Waals surface area contributed by atoms with Crippen molar-refractivity contribution in [2.45, 2.75) is 70.3 Å². The average Bonchev–Trinajstić information content (AvgIpc) is 3.58. The molecule has 11 heteroatoms. The molecular formula is C31H38BrN3O6S. The predicted molar refractivity (Wildman–Crippen MR) is 164 cm³/mol. The van der Waals surface area contributed by atoms with Crippen molar-refractivity contribution in [2.24, 2.45) is 5.41 Å². The van der Waals surface area contributed by atoms with Crippen molar-refractivity contribution < 1.29 is 27.5 Å². The first-order valence-corrected chi connectivity index (χ1v) is 16.4. The lowest BCUT2D eigenvalue weighted by molar-refractivity contribution is -0.191. The standard InChI is InChI=1S/C30H38BrN3O4S.CO2/c1-5-30(17-26(30)24-16-22(38-4)12-14-27(24)31)19-34-18-25(20-9-7-6-8-10-20)23-13-11-21(15-28(23)34)29(35)32-39(36,37)33(2)3;2-1-3/h11-16,18,20,26H,5-10,17,19H2,1-4H3,(H,32,35);/t26-,30+;/m0./s1. The first-order valence-electron chi connectivity index (χ1n) is 14.2. The lowest BCUT2D eigenvalue weighted by Crippen LogP contribution is -2.39. The number of hydrogen-bond donors (Lipinski definition) is 1. The summed E-state index contributed by atoms with van der Waals surface area (Å²) >= 11 is 3.76. The molecule has 0 unspecified atom stereocenters. The molecule has 0 radical (unpaired) electrons. The number of halogens is 1. The van der Waals surface area contributed by atoms with Crippen molar-refractivity contribution in [3.8, 4) is 5.75 Å². The molecular weight excluding hydrogens is 622 g/mol. The number of methoxy groups -OCH3 is 1. The summed E-state index contributed by atoms with van der Waals surface area (Å²) < 4.78 is 36.7. The van der Waals surface area contributed by atoms with Gasteiger partial charge in [0.25, 0.3) is 5.91 Å². The molecule has 0 spiro atoms. The van der Waals surface area contributed by atoms with E-state index >= 15 is 0 Å². The lowest BCUT2D eigenvalue weighted by Gasteiger charge is -2.21. The highest BCUT2D eigenvalue weighted by molar-refractivity contribution is 9.10. The number of nitrogens with one attached hydrogen (secondary N) is 1. The molecule has 2 aliphatic carbocycles. The molecule has 0 saturated heterocycles. The molecule has 42 heavy (non-hydrogen) atoms. The van der Waals surface area contributed by atoms with Crippen LogP contribution in [0.5, 0.6) is 5.75 Å². The van der Waals surface area contributed by atoms with Crippen LogP contribution < -0.4 is 9.46 Å². The second kappa shape index (κ2) is 13.1. The van der Waals surface area contributed by atoms with E-state index in [4.69, 9.17) is 14.3 Å². The first-order chi connectivity index (χ1) is 20.0. The third kappa shape index (κ3) is 6.64. The van der Waals surface area contributed by atoms with Crippen LogP contribution in [0, 0.1) is 5.41 Å². The molecule has 2 fully saturated rings. The van der Waals surface area contributed by atoms with Crippen molar-refractivity contribution >= 4 is 49.1 Å². The Bertz CT molecular complexity index is 1590. The number of carbonyl (C=O) groups excluding carboxylic acids is 3. The van der Waals surface area contributed by atoms with Crippen LogP contribution >= 0.6 is 15.9 Å². The third-order valence-electron chi connectivity index (χ3n) is 8.88. The predicted octanol–water partition coefficient (Wildman–Crippen LogP) is 6.00. The molecule has 0 bridgehead atoms. The fourth-order valence-electron chi connectivity index (χ4n) is 6.32. The molecule has 2 atom stereocenters. The Balaban J connectivity index is 0.00000129. The lowest BCUT2D eigenvalue weighted by atomic mass is 9.84. The van der Waals surface area contributed by atoms with E-state index in [9.17, 15) is 13.2 Å². The highest BCUT2D eigenvalue weighted by Gasteiger charge is 2.54. The summed E-state index contributed by atoms with van der Waals surface area (Å²) in [6, 6.07) is 11.8.